The van der Waals surface area contributed by atoms with Crippen molar-refractivity contribution >= 4 is 52.4 Å². The molecule has 170 valence electrons. The number of benzene rings is 3. The van der Waals surface area contributed by atoms with Crippen LogP contribution in [0.4, 0.5) is 28.8 Å². The molecule has 0 saturated heterocycles. The van der Waals surface area contributed by atoms with E-state index in [1.165, 1.54) is 11.6 Å². The van der Waals surface area contributed by atoms with Crippen molar-refractivity contribution in [2.24, 2.45) is 0 Å². The predicted molar refractivity (Wildman–Crippen MR) is 140 cm³/mol. The molecule has 4 rings (SSSR count). The van der Waals surface area contributed by atoms with Gasteiger partial charge in [0, 0.05) is 39.9 Å². The Hall–Kier alpha value is -4.16. The van der Waals surface area contributed by atoms with Crippen LogP contribution in [0, 0.1) is 13.8 Å². The molecule has 1 amide bonds. The lowest BCUT2D eigenvalue weighted by atomic mass is 10.2. The van der Waals surface area contributed by atoms with Gasteiger partial charge in [-0.15, -0.1) is 0 Å². The highest BCUT2D eigenvalue weighted by molar-refractivity contribution is 6.32. The molecule has 1 heterocycles. The maximum atomic E-state index is 12.2. The SMILES string of the molecule is Cc1ccc(Nc2cc(C)nc(Nc3ccc(NC(=O)/C=C/c4ccccc4Cl)cc3)n2)cc1. The Bertz CT molecular complexity index is 1320. The second-order valence-corrected chi connectivity index (χ2v) is 8.16. The molecule has 0 aliphatic rings. The molecule has 4 aromatic rings. The Balaban J connectivity index is 1.38. The third-order valence-corrected chi connectivity index (χ3v) is 5.25. The Labute approximate surface area is 203 Å². The molecule has 1 aromatic heterocycles. The van der Waals surface area contributed by atoms with Crippen LogP contribution in [0.5, 0.6) is 0 Å². The molecular weight excluding hydrogens is 446 g/mol. The van der Waals surface area contributed by atoms with Gasteiger partial charge in [0.1, 0.15) is 5.82 Å². The fourth-order valence-corrected chi connectivity index (χ4v) is 3.40. The van der Waals surface area contributed by atoms with Gasteiger partial charge in [0.2, 0.25) is 11.9 Å². The number of halogens is 1. The van der Waals surface area contributed by atoms with Crippen LogP contribution in [-0.2, 0) is 4.79 Å². The lowest BCUT2D eigenvalue weighted by molar-refractivity contribution is -0.111. The molecule has 3 N–H and O–H groups in total. The lowest BCUT2D eigenvalue weighted by Gasteiger charge is -2.11. The quantitative estimate of drug-likeness (QED) is 0.257. The Kier molecular flexibility index (Phi) is 7.20. The van der Waals surface area contributed by atoms with Gasteiger partial charge in [-0.1, -0.05) is 47.5 Å². The maximum Gasteiger partial charge on any atom is 0.248 e. The third-order valence-electron chi connectivity index (χ3n) is 4.91. The summed E-state index contributed by atoms with van der Waals surface area (Å²) in [4.78, 5) is 21.3. The summed E-state index contributed by atoms with van der Waals surface area (Å²) in [5, 5.41) is 9.94. The average Bonchev–Trinajstić information content (AvgIpc) is 2.81. The minimum atomic E-state index is -0.241. The van der Waals surface area contributed by atoms with Gasteiger partial charge < -0.3 is 16.0 Å². The van der Waals surface area contributed by atoms with Crippen molar-refractivity contribution in [1.29, 1.82) is 0 Å². The van der Waals surface area contributed by atoms with Crippen LogP contribution in [0.3, 0.4) is 0 Å². The zero-order valence-electron chi connectivity index (χ0n) is 18.8. The molecule has 0 aliphatic carbocycles. The van der Waals surface area contributed by atoms with Crippen molar-refractivity contribution in [2.75, 3.05) is 16.0 Å². The second kappa shape index (κ2) is 10.6. The molecule has 0 aliphatic heterocycles. The van der Waals surface area contributed by atoms with Crippen molar-refractivity contribution in [1.82, 2.24) is 9.97 Å². The average molecular weight is 470 g/mol. The van der Waals surface area contributed by atoms with E-state index in [1.807, 2.05) is 79.7 Å². The number of hydrogen-bond donors (Lipinski definition) is 3. The maximum absolute atomic E-state index is 12.2. The van der Waals surface area contributed by atoms with Gasteiger partial charge in [-0.2, -0.15) is 4.98 Å². The molecule has 0 spiro atoms. The van der Waals surface area contributed by atoms with Crippen LogP contribution >= 0.6 is 11.6 Å². The smallest absolute Gasteiger partial charge is 0.248 e. The van der Waals surface area contributed by atoms with Crippen molar-refractivity contribution in [3.8, 4) is 0 Å². The number of rotatable bonds is 7. The highest BCUT2D eigenvalue weighted by Crippen LogP contribution is 2.21. The fourth-order valence-electron chi connectivity index (χ4n) is 3.20. The first kappa shape index (κ1) is 23.0. The molecule has 34 heavy (non-hydrogen) atoms. The minimum Gasteiger partial charge on any atom is -0.340 e. The molecule has 0 unspecified atom stereocenters. The largest absolute Gasteiger partial charge is 0.340 e. The summed E-state index contributed by atoms with van der Waals surface area (Å²) < 4.78 is 0. The Morgan fingerprint density at radius 3 is 2.21 bits per heavy atom. The second-order valence-electron chi connectivity index (χ2n) is 7.76. The fraction of sp³-hybridized carbons (Fsp3) is 0.0741. The standard InChI is InChI=1S/C27H24ClN5O/c1-18-7-10-21(11-8-18)30-25-17-19(2)29-27(33-25)32-23-14-12-22(13-15-23)31-26(34)16-9-20-5-3-4-6-24(20)28/h3-17H,1-2H3,(H,31,34)(H2,29,30,32,33)/b16-9+. The van der Waals surface area contributed by atoms with Crippen LogP contribution in [0.2, 0.25) is 5.02 Å². The number of nitrogens with zero attached hydrogens (tertiary/aromatic N) is 2. The minimum absolute atomic E-state index is 0.241. The van der Waals surface area contributed by atoms with Gasteiger partial charge in [0.25, 0.3) is 0 Å². The van der Waals surface area contributed by atoms with Gasteiger partial charge in [0.05, 0.1) is 0 Å². The highest BCUT2D eigenvalue weighted by atomic mass is 35.5. The number of amides is 1. The van der Waals surface area contributed by atoms with E-state index in [4.69, 9.17) is 11.6 Å². The number of hydrogen-bond acceptors (Lipinski definition) is 5. The molecule has 7 heteroatoms. The van der Waals surface area contributed by atoms with E-state index >= 15 is 0 Å². The number of anilines is 5. The van der Waals surface area contributed by atoms with Crippen molar-refractivity contribution < 1.29 is 4.79 Å². The molecule has 0 atom stereocenters. The first-order valence-corrected chi connectivity index (χ1v) is 11.1. The number of aryl methyl sites for hydroxylation is 2. The van der Waals surface area contributed by atoms with E-state index in [2.05, 4.69) is 32.8 Å². The number of aromatic nitrogens is 2. The number of carbonyl (C=O) groups is 1. The van der Waals surface area contributed by atoms with Crippen molar-refractivity contribution in [2.45, 2.75) is 13.8 Å². The number of carbonyl (C=O) groups excluding carboxylic acids is 1. The highest BCUT2D eigenvalue weighted by Gasteiger charge is 2.05. The Morgan fingerprint density at radius 2 is 1.47 bits per heavy atom. The van der Waals surface area contributed by atoms with E-state index in [1.54, 1.807) is 12.1 Å². The Morgan fingerprint density at radius 1 is 0.824 bits per heavy atom. The molecular formula is C27H24ClN5O. The zero-order valence-corrected chi connectivity index (χ0v) is 19.6. The van der Waals surface area contributed by atoms with Crippen LogP contribution in [0.25, 0.3) is 6.08 Å². The summed E-state index contributed by atoms with van der Waals surface area (Å²) in [6.45, 7) is 3.97. The van der Waals surface area contributed by atoms with Crippen LogP contribution in [-0.4, -0.2) is 15.9 Å². The van der Waals surface area contributed by atoms with E-state index in [0.717, 1.165) is 22.6 Å². The molecule has 0 saturated carbocycles. The van der Waals surface area contributed by atoms with Gasteiger partial charge >= 0.3 is 0 Å². The van der Waals surface area contributed by atoms with E-state index in [-0.39, 0.29) is 5.91 Å². The van der Waals surface area contributed by atoms with Crippen LogP contribution in [0.15, 0.2) is 84.9 Å². The summed E-state index contributed by atoms with van der Waals surface area (Å²) in [5.74, 6) is 0.941. The van der Waals surface area contributed by atoms with Crippen molar-refractivity contribution in [3.63, 3.8) is 0 Å². The number of nitrogens with one attached hydrogen (secondary N) is 3. The topological polar surface area (TPSA) is 78.9 Å². The zero-order chi connectivity index (χ0) is 23.9. The first-order valence-electron chi connectivity index (χ1n) is 10.7. The molecule has 6 nitrogen and oxygen atoms in total. The summed E-state index contributed by atoms with van der Waals surface area (Å²) in [6.07, 6.45) is 3.14. The van der Waals surface area contributed by atoms with Crippen molar-refractivity contribution in [3.05, 3.63) is 107 Å². The summed E-state index contributed by atoms with van der Waals surface area (Å²) in [6, 6.07) is 24.7. The monoisotopic (exact) mass is 469 g/mol. The van der Waals surface area contributed by atoms with Gasteiger partial charge in [0.15, 0.2) is 0 Å². The summed E-state index contributed by atoms with van der Waals surface area (Å²) >= 11 is 6.11. The molecule has 0 bridgehead atoms. The molecule has 0 fully saturated rings. The first-order chi connectivity index (χ1) is 16.4. The molecule has 0 radical (unpaired) electrons. The summed E-state index contributed by atoms with van der Waals surface area (Å²) in [7, 11) is 0. The summed E-state index contributed by atoms with van der Waals surface area (Å²) in [5.41, 5.74) is 5.25. The van der Waals surface area contributed by atoms with E-state index in [9.17, 15) is 4.79 Å². The van der Waals surface area contributed by atoms with Gasteiger partial charge in [-0.25, -0.2) is 4.98 Å². The van der Waals surface area contributed by atoms with E-state index < -0.39 is 0 Å². The lowest BCUT2D eigenvalue weighted by Crippen LogP contribution is -2.07. The van der Waals surface area contributed by atoms with Gasteiger partial charge in [-0.05, 0) is 68.0 Å². The van der Waals surface area contributed by atoms with Gasteiger partial charge in [-0.3, -0.25) is 4.79 Å². The van der Waals surface area contributed by atoms with Crippen LogP contribution in [0.1, 0.15) is 16.8 Å². The predicted octanol–water partition coefficient (Wildman–Crippen LogP) is 6.89. The van der Waals surface area contributed by atoms with Crippen LogP contribution < -0.4 is 16.0 Å². The third kappa shape index (κ3) is 6.43. The van der Waals surface area contributed by atoms with E-state index in [0.29, 0.717) is 22.5 Å². The normalized spacial score (nSPS) is 10.8. The molecule has 3 aromatic carbocycles.